The van der Waals surface area contributed by atoms with E-state index in [-0.39, 0.29) is 0 Å². The minimum atomic E-state index is 0.477. The van der Waals surface area contributed by atoms with E-state index in [1.807, 2.05) is 10.8 Å². The van der Waals surface area contributed by atoms with Gasteiger partial charge in [-0.1, -0.05) is 0 Å². The van der Waals surface area contributed by atoms with Crippen LogP contribution in [0.4, 0.5) is 0 Å². The Balaban J connectivity index is 2.37. The summed E-state index contributed by atoms with van der Waals surface area (Å²) in [5, 5.41) is 0. The van der Waals surface area contributed by atoms with E-state index in [0.717, 1.165) is 5.82 Å². The highest BCUT2D eigenvalue weighted by molar-refractivity contribution is 5.24. The number of methoxy groups -OCH3 is 1. The molecule has 16 heavy (non-hydrogen) atoms. The number of hydrogen-bond donors (Lipinski definition) is 1. The first-order valence-corrected chi connectivity index (χ1v) is 4.94. The van der Waals surface area contributed by atoms with Gasteiger partial charge >= 0.3 is 0 Å². The molecule has 2 rings (SSSR count). The molecule has 0 aliphatic carbocycles. The number of imidazole rings is 1. The zero-order valence-electron chi connectivity index (χ0n) is 9.00. The van der Waals surface area contributed by atoms with Gasteiger partial charge in [-0.3, -0.25) is 9.55 Å². The quantitative estimate of drug-likeness (QED) is 0.793. The van der Waals surface area contributed by atoms with Crippen LogP contribution in [-0.2, 0) is 6.42 Å². The molecule has 6 nitrogen and oxygen atoms in total. The zero-order valence-corrected chi connectivity index (χ0v) is 9.00. The molecule has 0 saturated heterocycles. The Morgan fingerprint density at radius 2 is 2.31 bits per heavy atom. The molecule has 2 heterocycles. The van der Waals surface area contributed by atoms with Gasteiger partial charge in [0, 0.05) is 18.8 Å². The minimum Gasteiger partial charge on any atom is -0.480 e. The first kappa shape index (κ1) is 10.6. The van der Waals surface area contributed by atoms with Crippen LogP contribution >= 0.6 is 0 Å². The molecule has 2 aromatic rings. The van der Waals surface area contributed by atoms with Crippen molar-refractivity contribution in [1.29, 1.82) is 0 Å². The van der Waals surface area contributed by atoms with Gasteiger partial charge in [-0.05, 0) is 6.54 Å². The Labute approximate surface area is 93.1 Å². The fraction of sp³-hybridized carbons (Fsp3) is 0.300. The van der Waals surface area contributed by atoms with E-state index in [0.29, 0.717) is 24.7 Å². The SMILES string of the molecule is COc1cncc(-n2ccnc2CCN)n1. The summed E-state index contributed by atoms with van der Waals surface area (Å²) >= 11 is 0. The third-order valence-corrected chi connectivity index (χ3v) is 2.14. The predicted octanol–water partition coefficient (Wildman–Crippen LogP) is 0.172. The fourth-order valence-electron chi connectivity index (χ4n) is 1.41. The molecule has 0 aliphatic rings. The van der Waals surface area contributed by atoms with Crippen molar-refractivity contribution in [3.63, 3.8) is 0 Å². The summed E-state index contributed by atoms with van der Waals surface area (Å²) in [5.74, 6) is 2.02. The molecule has 0 bridgehead atoms. The van der Waals surface area contributed by atoms with Gasteiger partial charge < -0.3 is 10.5 Å². The van der Waals surface area contributed by atoms with Crippen molar-refractivity contribution in [3.8, 4) is 11.7 Å². The summed E-state index contributed by atoms with van der Waals surface area (Å²) in [4.78, 5) is 12.5. The maximum Gasteiger partial charge on any atom is 0.234 e. The van der Waals surface area contributed by atoms with Crippen molar-refractivity contribution in [2.75, 3.05) is 13.7 Å². The molecule has 6 heteroatoms. The van der Waals surface area contributed by atoms with Crippen molar-refractivity contribution < 1.29 is 4.74 Å². The molecule has 2 N–H and O–H groups in total. The summed E-state index contributed by atoms with van der Waals surface area (Å²) in [6, 6.07) is 0. The highest BCUT2D eigenvalue weighted by atomic mass is 16.5. The van der Waals surface area contributed by atoms with Crippen LogP contribution in [0.5, 0.6) is 5.88 Å². The molecule has 0 spiro atoms. The van der Waals surface area contributed by atoms with Gasteiger partial charge in [0.05, 0.1) is 19.5 Å². The third kappa shape index (κ3) is 2.01. The molecular weight excluding hydrogens is 206 g/mol. The van der Waals surface area contributed by atoms with Crippen molar-refractivity contribution in [1.82, 2.24) is 19.5 Å². The number of nitrogens with zero attached hydrogens (tertiary/aromatic N) is 4. The van der Waals surface area contributed by atoms with Gasteiger partial charge in [0.15, 0.2) is 5.82 Å². The lowest BCUT2D eigenvalue weighted by Crippen LogP contribution is -2.10. The van der Waals surface area contributed by atoms with Gasteiger partial charge in [0.1, 0.15) is 5.82 Å². The number of nitrogens with two attached hydrogens (primary N) is 1. The normalized spacial score (nSPS) is 10.4. The van der Waals surface area contributed by atoms with Crippen molar-refractivity contribution in [2.24, 2.45) is 5.73 Å². The monoisotopic (exact) mass is 219 g/mol. The second-order valence-corrected chi connectivity index (χ2v) is 3.17. The van der Waals surface area contributed by atoms with Crippen LogP contribution in [0.1, 0.15) is 5.82 Å². The number of hydrogen-bond acceptors (Lipinski definition) is 5. The van der Waals surface area contributed by atoms with E-state index in [1.165, 1.54) is 0 Å². The standard InChI is InChI=1S/C10H13N5O/c1-16-10-7-12-6-9(14-10)15-5-4-13-8(15)2-3-11/h4-7H,2-3,11H2,1H3. The lowest BCUT2D eigenvalue weighted by atomic mass is 10.4. The molecule has 0 saturated carbocycles. The molecule has 0 amide bonds. The highest BCUT2D eigenvalue weighted by Crippen LogP contribution is 2.11. The summed E-state index contributed by atoms with van der Waals surface area (Å²) < 4.78 is 6.87. The largest absolute Gasteiger partial charge is 0.480 e. The Kier molecular flexibility index (Phi) is 3.11. The summed E-state index contributed by atoms with van der Waals surface area (Å²) in [6.07, 6.45) is 7.46. The topological polar surface area (TPSA) is 78.8 Å². The maximum atomic E-state index is 5.51. The number of ether oxygens (including phenoxy) is 1. The van der Waals surface area contributed by atoms with Gasteiger partial charge in [-0.15, -0.1) is 0 Å². The van der Waals surface area contributed by atoms with Crippen LogP contribution in [0.15, 0.2) is 24.8 Å². The van der Waals surface area contributed by atoms with Crippen molar-refractivity contribution in [2.45, 2.75) is 6.42 Å². The summed E-state index contributed by atoms with van der Waals surface area (Å²) in [5.41, 5.74) is 5.51. The van der Waals surface area contributed by atoms with Gasteiger partial charge in [-0.25, -0.2) is 4.98 Å². The van der Waals surface area contributed by atoms with E-state index in [2.05, 4.69) is 15.0 Å². The second-order valence-electron chi connectivity index (χ2n) is 3.17. The lowest BCUT2D eigenvalue weighted by molar-refractivity contribution is 0.395. The van der Waals surface area contributed by atoms with Gasteiger partial charge in [-0.2, -0.15) is 4.98 Å². The Hall–Kier alpha value is -1.95. The van der Waals surface area contributed by atoms with Crippen molar-refractivity contribution in [3.05, 3.63) is 30.6 Å². The summed E-state index contributed by atoms with van der Waals surface area (Å²) in [6.45, 7) is 0.550. The molecular formula is C10H13N5O. The van der Waals surface area contributed by atoms with Crippen molar-refractivity contribution >= 4 is 0 Å². The molecule has 0 unspecified atom stereocenters. The maximum absolute atomic E-state index is 5.51. The number of rotatable bonds is 4. The lowest BCUT2D eigenvalue weighted by Gasteiger charge is -2.06. The van der Waals surface area contributed by atoms with Crippen LogP contribution in [0.3, 0.4) is 0 Å². The van der Waals surface area contributed by atoms with Crippen LogP contribution in [0, 0.1) is 0 Å². The molecule has 0 fully saturated rings. The zero-order chi connectivity index (χ0) is 11.4. The molecule has 0 aromatic carbocycles. The van der Waals surface area contributed by atoms with Crippen LogP contribution in [0.2, 0.25) is 0 Å². The molecule has 0 aliphatic heterocycles. The Bertz CT molecular complexity index is 468. The van der Waals surface area contributed by atoms with E-state index < -0.39 is 0 Å². The average Bonchev–Trinajstić information content (AvgIpc) is 2.78. The third-order valence-electron chi connectivity index (χ3n) is 2.14. The highest BCUT2D eigenvalue weighted by Gasteiger charge is 2.06. The van der Waals surface area contributed by atoms with E-state index in [9.17, 15) is 0 Å². The minimum absolute atomic E-state index is 0.477. The van der Waals surface area contributed by atoms with Gasteiger partial charge in [0.2, 0.25) is 5.88 Å². The van der Waals surface area contributed by atoms with E-state index in [1.54, 1.807) is 25.7 Å². The first-order valence-electron chi connectivity index (χ1n) is 4.94. The van der Waals surface area contributed by atoms with Crippen LogP contribution in [0.25, 0.3) is 5.82 Å². The second kappa shape index (κ2) is 4.71. The predicted molar refractivity (Wildman–Crippen MR) is 58.5 cm³/mol. The Morgan fingerprint density at radius 3 is 3.06 bits per heavy atom. The fourth-order valence-corrected chi connectivity index (χ4v) is 1.41. The van der Waals surface area contributed by atoms with E-state index >= 15 is 0 Å². The average molecular weight is 219 g/mol. The van der Waals surface area contributed by atoms with E-state index in [4.69, 9.17) is 10.5 Å². The summed E-state index contributed by atoms with van der Waals surface area (Å²) in [7, 11) is 1.56. The smallest absolute Gasteiger partial charge is 0.234 e. The molecule has 84 valence electrons. The first-order chi connectivity index (χ1) is 7.85. The van der Waals surface area contributed by atoms with Crippen LogP contribution < -0.4 is 10.5 Å². The van der Waals surface area contributed by atoms with Gasteiger partial charge in [0.25, 0.3) is 0 Å². The van der Waals surface area contributed by atoms with Crippen LogP contribution in [-0.4, -0.2) is 33.2 Å². The molecule has 0 radical (unpaired) electrons. The Morgan fingerprint density at radius 1 is 1.44 bits per heavy atom. The number of aromatic nitrogens is 4. The molecule has 0 atom stereocenters. The molecule has 2 aromatic heterocycles.